The SMILES string of the molecule is O=C(NCCc1ccc2c(n1)NCCC2)Nc1ccc(OCCC2CCOCC2)c(I)c1. The van der Waals surface area contributed by atoms with E-state index < -0.39 is 0 Å². The van der Waals surface area contributed by atoms with Gasteiger partial charge in [-0.2, -0.15) is 0 Å². The van der Waals surface area contributed by atoms with Crippen molar-refractivity contribution in [2.45, 2.75) is 38.5 Å². The van der Waals surface area contributed by atoms with Crippen LogP contribution in [0.4, 0.5) is 16.3 Å². The molecule has 0 atom stereocenters. The zero-order valence-corrected chi connectivity index (χ0v) is 20.4. The monoisotopic (exact) mass is 550 g/mol. The van der Waals surface area contributed by atoms with E-state index in [0.29, 0.717) is 25.5 Å². The second kappa shape index (κ2) is 11.7. The highest BCUT2D eigenvalue weighted by Crippen LogP contribution is 2.26. The number of halogens is 1. The lowest BCUT2D eigenvalue weighted by molar-refractivity contribution is 0.0593. The Labute approximate surface area is 203 Å². The molecule has 3 heterocycles. The third-order valence-electron chi connectivity index (χ3n) is 5.93. The molecule has 1 saturated heterocycles. The molecule has 2 aliphatic heterocycles. The lowest BCUT2D eigenvalue weighted by atomic mass is 9.97. The number of nitrogens with one attached hydrogen (secondary N) is 3. The van der Waals surface area contributed by atoms with Crippen LogP contribution in [-0.2, 0) is 17.6 Å². The molecular formula is C24H31IN4O3. The highest BCUT2D eigenvalue weighted by Gasteiger charge is 2.14. The second-order valence-electron chi connectivity index (χ2n) is 8.31. The summed E-state index contributed by atoms with van der Waals surface area (Å²) in [4.78, 5) is 16.9. The van der Waals surface area contributed by atoms with Crippen molar-refractivity contribution in [1.29, 1.82) is 0 Å². The normalized spacial score (nSPS) is 16.0. The fraction of sp³-hybridized carbons (Fsp3) is 0.500. The van der Waals surface area contributed by atoms with Gasteiger partial charge in [0, 0.05) is 44.1 Å². The Hall–Kier alpha value is -2.07. The Morgan fingerprint density at radius 1 is 1.25 bits per heavy atom. The van der Waals surface area contributed by atoms with E-state index >= 15 is 0 Å². The fourth-order valence-corrected chi connectivity index (χ4v) is 4.72. The number of aromatic nitrogens is 1. The average Bonchev–Trinajstić information content (AvgIpc) is 2.81. The van der Waals surface area contributed by atoms with Crippen molar-refractivity contribution < 1.29 is 14.3 Å². The molecule has 0 aliphatic carbocycles. The summed E-state index contributed by atoms with van der Waals surface area (Å²) in [7, 11) is 0. The van der Waals surface area contributed by atoms with Crippen LogP contribution < -0.4 is 20.7 Å². The Kier molecular flexibility index (Phi) is 8.44. The number of aryl methyl sites for hydroxylation is 1. The number of urea groups is 1. The molecule has 0 bridgehead atoms. The Morgan fingerprint density at radius 2 is 2.12 bits per heavy atom. The highest BCUT2D eigenvalue weighted by atomic mass is 127. The van der Waals surface area contributed by atoms with E-state index in [0.717, 1.165) is 78.4 Å². The molecule has 0 spiro atoms. The summed E-state index contributed by atoms with van der Waals surface area (Å²) in [6, 6.07) is 9.70. The Bertz CT molecular complexity index is 918. The third-order valence-corrected chi connectivity index (χ3v) is 6.78. The topological polar surface area (TPSA) is 84.5 Å². The molecule has 0 unspecified atom stereocenters. The maximum Gasteiger partial charge on any atom is 0.319 e. The predicted molar refractivity (Wildman–Crippen MR) is 135 cm³/mol. The third kappa shape index (κ3) is 6.71. The number of rotatable bonds is 8. The predicted octanol–water partition coefficient (Wildman–Crippen LogP) is 4.60. The van der Waals surface area contributed by atoms with Gasteiger partial charge in [0.2, 0.25) is 0 Å². The van der Waals surface area contributed by atoms with Crippen molar-refractivity contribution in [2.75, 3.05) is 43.5 Å². The van der Waals surface area contributed by atoms with Crippen LogP contribution >= 0.6 is 22.6 Å². The first-order valence-corrected chi connectivity index (χ1v) is 12.5. The lowest BCUT2D eigenvalue weighted by Crippen LogP contribution is -2.30. The number of hydrogen-bond donors (Lipinski definition) is 3. The van der Waals surface area contributed by atoms with Crippen LogP contribution in [0.2, 0.25) is 0 Å². The molecule has 172 valence electrons. The van der Waals surface area contributed by atoms with Gasteiger partial charge in [-0.05, 0) is 90.4 Å². The molecule has 32 heavy (non-hydrogen) atoms. The van der Waals surface area contributed by atoms with Gasteiger partial charge >= 0.3 is 6.03 Å². The van der Waals surface area contributed by atoms with Gasteiger partial charge in [-0.25, -0.2) is 9.78 Å². The lowest BCUT2D eigenvalue weighted by Gasteiger charge is -2.22. The van der Waals surface area contributed by atoms with Crippen molar-refractivity contribution in [1.82, 2.24) is 10.3 Å². The summed E-state index contributed by atoms with van der Waals surface area (Å²) in [5.41, 5.74) is 3.01. The number of hydrogen-bond acceptors (Lipinski definition) is 5. The number of benzene rings is 1. The van der Waals surface area contributed by atoms with Crippen LogP contribution in [0.15, 0.2) is 30.3 Å². The number of anilines is 2. The van der Waals surface area contributed by atoms with Gasteiger partial charge in [-0.1, -0.05) is 6.07 Å². The Morgan fingerprint density at radius 3 is 2.97 bits per heavy atom. The molecular weight excluding hydrogens is 519 g/mol. The van der Waals surface area contributed by atoms with Gasteiger partial charge in [-0.15, -0.1) is 0 Å². The number of amides is 2. The van der Waals surface area contributed by atoms with Crippen molar-refractivity contribution >= 4 is 40.1 Å². The van der Waals surface area contributed by atoms with Gasteiger partial charge in [-0.3, -0.25) is 0 Å². The van der Waals surface area contributed by atoms with Crippen LogP contribution in [0.3, 0.4) is 0 Å². The van der Waals surface area contributed by atoms with Crippen LogP contribution in [0, 0.1) is 9.49 Å². The molecule has 7 nitrogen and oxygen atoms in total. The van der Waals surface area contributed by atoms with Gasteiger partial charge < -0.3 is 25.4 Å². The van der Waals surface area contributed by atoms with E-state index in [1.165, 1.54) is 5.56 Å². The van der Waals surface area contributed by atoms with Gasteiger partial charge in [0.1, 0.15) is 11.6 Å². The minimum atomic E-state index is -0.218. The highest BCUT2D eigenvalue weighted by molar-refractivity contribution is 14.1. The summed E-state index contributed by atoms with van der Waals surface area (Å²) < 4.78 is 12.4. The molecule has 0 radical (unpaired) electrons. The second-order valence-corrected chi connectivity index (χ2v) is 9.47. The zero-order valence-electron chi connectivity index (χ0n) is 18.3. The number of nitrogens with zero attached hydrogens (tertiary/aromatic N) is 1. The van der Waals surface area contributed by atoms with Crippen molar-refractivity contribution in [3.63, 3.8) is 0 Å². The molecule has 1 aromatic carbocycles. The zero-order chi connectivity index (χ0) is 22.2. The molecule has 2 aromatic rings. The van der Waals surface area contributed by atoms with Crippen LogP contribution in [-0.4, -0.2) is 43.9 Å². The first-order valence-electron chi connectivity index (χ1n) is 11.4. The largest absolute Gasteiger partial charge is 0.492 e. The smallest absolute Gasteiger partial charge is 0.319 e. The van der Waals surface area contributed by atoms with E-state index in [1.807, 2.05) is 18.2 Å². The molecule has 8 heteroatoms. The summed E-state index contributed by atoms with van der Waals surface area (Å²) in [6.45, 7) is 3.95. The number of ether oxygens (including phenoxy) is 2. The summed E-state index contributed by atoms with van der Waals surface area (Å²) in [5, 5.41) is 9.15. The van der Waals surface area contributed by atoms with E-state index in [4.69, 9.17) is 9.47 Å². The molecule has 4 rings (SSSR count). The Balaban J connectivity index is 1.19. The molecule has 3 N–H and O–H groups in total. The van der Waals surface area contributed by atoms with Crippen molar-refractivity contribution in [2.24, 2.45) is 5.92 Å². The molecule has 1 fully saturated rings. The first-order chi connectivity index (χ1) is 15.7. The van der Waals surface area contributed by atoms with Crippen LogP contribution in [0.5, 0.6) is 5.75 Å². The average molecular weight is 550 g/mol. The van der Waals surface area contributed by atoms with E-state index in [2.05, 4.69) is 55.7 Å². The standard InChI is InChI=1S/C24H31IN4O3/c25-21-16-20(5-6-22(21)32-15-10-17-8-13-31-14-9-17)29-24(30)27-12-7-19-4-3-18-2-1-11-26-23(18)28-19/h3-6,16-17H,1-2,7-15H2,(H,26,28)(H2,27,29,30). The van der Waals surface area contributed by atoms with Gasteiger partial charge in [0.15, 0.2) is 0 Å². The number of carbonyl (C=O) groups excluding carboxylic acids is 1. The van der Waals surface area contributed by atoms with Gasteiger partial charge in [0.05, 0.1) is 10.2 Å². The van der Waals surface area contributed by atoms with Crippen molar-refractivity contribution in [3.8, 4) is 5.75 Å². The molecule has 0 saturated carbocycles. The minimum Gasteiger partial charge on any atom is -0.492 e. The molecule has 2 amide bonds. The van der Waals surface area contributed by atoms with Crippen molar-refractivity contribution in [3.05, 3.63) is 45.2 Å². The maximum atomic E-state index is 12.3. The van der Waals surface area contributed by atoms with E-state index in [-0.39, 0.29) is 6.03 Å². The minimum absolute atomic E-state index is 0.218. The number of pyridine rings is 1. The van der Waals surface area contributed by atoms with E-state index in [9.17, 15) is 4.79 Å². The summed E-state index contributed by atoms with van der Waals surface area (Å²) in [6.07, 6.45) is 6.22. The van der Waals surface area contributed by atoms with Crippen LogP contribution in [0.1, 0.15) is 36.9 Å². The van der Waals surface area contributed by atoms with E-state index in [1.54, 1.807) is 0 Å². The van der Waals surface area contributed by atoms with Crippen LogP contribution in [0.25, 0.3) is 0 Å². The van der Waals surface area contributed by atoms with Gasteiger partial charge in [0.25, 0.3) is 0 Å². The number of carbonyl (C=O) groups is 1. The summed E-state index contributed by atoms with van der Waals surface area (Å²) in [5.74, 6) is 2.54. The number of fused-ring (bicyclic) bond motifs is 1. The summed E-state index contributed by atoms with van der Waals surface area (Å²) >= 11 is 2.25. The first kappa shape index (κ1) is 23.1. The maximum absolute atomic E-state index is 12.3. The fourth-order valence-electron chi connectivity index (χ4n) is 4.05. The molecule has 2 aliphatic rings. The quantitative estimate of drug-likeness (QED) is 0.419. The molecule has 1 aromatic heterocycles.